The molecule has 0 radical (unpaired) electrons. The van der Waals surface area contributed by atoms with Crippen LogP contribution in [0.15, 0.2) is 77.3 Å². The molecule has 0 saturated heterocycles. The number of ketones is 1. The number of aromatic hydroxyl groups is 1. The Morgan fingerprint density at radius 1 is 1.00 bits per heavy atom. The molecule has 0 bridgehead atoms. The van der Waals surface area contributed by atoms with Crippen LogP contribution in [0.1, 0.15) is 15.2 Å². The Morgan fingerprint density at radius 3 is 2.50 bits per heavy atom. The molecule has 32 heavy (non-hydrogen) atoms. The van der Waals surface area contributed by atoms with E-state index in [1.54, 1.807) is 36.4 Å². The second-order valence-electron chi connectivity index (χ2n) is 6.86. The van der Waals surface area contributed by atoms with Crippen molar-refractivity contribution >= 4 is 33.7 Å². The van der Waals surface area contributed by atoms with Crippen LogP contribution in [0.3, 0.4) is 0 Å². The first-order chi connectivity index (χ1) is 15.6. The van der Waals surface area contributed by atoms with Crippen LogP contribution in [-0.2, 0) is 4.79 Å². The quantitative estimate of drug-likeness (QED) is 0.289. The SMILES string of the molecule is O=COc1nc(-c2ccc(-c3c(C(=O)c4ccccc4)sc4cc(O)ccc34)cc2)no1. The van der Waals surface area contributed by atoms with Gasteiger partial charge in [-0.15, -0.1) is 11.3 Å². The molecule has 0 amide bonds. The lowest BCUT2D eigenvalue weighted by molar-refractivity contribution is -0.122. The van der Waals surface area contributed by atoms with Crippen molar-refractivity contribution in [3.05, 3.63) is 83.2 Å². The van der Waals surface area contributed by atoms with Crippen LogP contribution < -0.4 is 4.74 Å². The van der Waals surface area contributed by atoms with Crippen molar-refractivity contribution in [3.8, 4) is 34.3 Å². The average molecular weight is 442 g/mol. The van der Waals surface area contributed by atoms with Gasteiger partial charge in [0.25, 0.3) is 0 Å². The van der Waals surface area contributed by atoms with Crippen LogP contribution >= 0.6 is 11.3 Å². The van der Waals surface area contributed by atoms with Crippen LogP contribution in [0.25, 0.3) is 32.6 Å². The Morgan fingerprint density at radius 2 is 1.75 bits per heavy atom. The van der Waals surface area contributed by atoms with E-state index in [0.717, 1.165) is 21.2 Å². The van der Waals surface area contributed by atoms with Crippen molar-refractivity contribution in [3.63, 3.8) is 0 Å². The maximum atomic E-state index is 13.3. The summed E-state index contributed by atoms with van der Waals surface area (Å²) in [6.45, 7) is 0.213. The summed E-state index contributed by atoms with van der Waals surface area (Å²) in [6.07, 6.45) is -0.238. The number of carbonyl (C=O) groups excluding carboxylic acids is 2. The van der Waals surface area contributed by atoms with Crippen molar-refractivity contribution < 1.29 is 24.0 Å². The zero-order valence-corrected chi connectivity index (χ0v) is 17.2. The maximum Gasteiger partial charge on any atom is 0.425 e. The van der Waals surface area contributed by atoms with Gasteiger partial charge in [0.05, 0.1) is 4.88 Å². The number of fused-ring (bicyclic) bond motifs is 1. The number of ether oxygens (including phenoxy) is 1. The molecule has 0 aliphatic carbocycles. The van der Waals surface area contributed by atoms with Crippen LogP contribution in [0.4, 0.5) is 0 Å². The summed E-state index contributed by atoms with van der Waals surface area (Å²) in [4.78, 5) is 28.3. The van der Waals surface area contributed by atoms with E-state index in [-0.39, 0.29) is 29.9 Å². The zero-order valence-electron chi connectivity index (χ0n) is 16.4. The molecule has 5 aromatic rings. The van der Waals surface area contributed by atoms with Crippen molar-refractivity contribution in [2.75, 3.05) is 0 Å². The van der Waals surface area contributed by atoms with Crippen molar-refractivity contribution in [2.24, 2.45) is 0 Å². The Kier molecular flexibility index (Phi) is 4.97. The summed E-state index contributed by atoms with van der Waals surface area (Å²) < 4.78 is 10.2. The van der Waals surface area contributed by atoms with Crippen LogP contribution in [0.2, 0.25) is 0 Å². The first kappa shape index (κ1) is 19.7. The highest BCUT2D eigenvalue weighted by Gasteiger charge is 2.21. The molecule has 3 aromatic carbocycles. The minimum Gasteiger partial charge on any atom is -0.508 e. The van der Waals surface area contributed by atoms with E-state index in [1.165, 1.54) is 11.3 Å². The highest BCUT2D eigenvalue weighted by atomic mass is 32.1. The molecular weight excluding hydrogens is 428 g/mol. The van der Waals surface area contributed by atoms with E-state index < -0.39 is 0 Å². The molecule has 0 fully saturated rings. The second-order valence-corrected chi connectivity index (χ2v) is 7.91. The average Bonchev–Trinajstić information content (AvgIpc) is 3.44. The predicted molar refractivity (Wildman–Crippen MR) is 119 cm³/mol. The maximum absolute atomic E-state index is 13.3. The lowest BCUT2D eigenvalue weighted by Crippen LogP contribution is -2.00. The fraction of sp³-hybridized carbons (Fsp3) is 0. The molecule has 7 nitrogen and oxygen atoms in total. The Labute approximate surface area is 185 Å². The molecular formula is C24H14N2O5S. The summed E-state index contributed by atoms with van der Waals surface area (Å²) >= 11 is 1.35. The van der Waals surface area contributed by atoms with Gasteiger partial charge in [-0.3, -0.25) is 14.1 Å². The second kappa shape index (κ2) is 8.09. The number of aromatic nitrogens is 2. The van der Waals surface area contributed by atoms with E-state index in [9.17, 15) is 14.7 Å². The monoisotopic (exact) mass is 442 g/mol. The molecule has 0 aliphatic rings. The van der Waals surface area contributed by atoms with Crippen LogP contribution in [-0.4, -0.2) is 27.5 Å². The highest BCUT2D eigenvalue weighted by Crippen LogP contribution is 2.41. The van der Waals surface area contributed by atoms with E-state index in [4.69, 9.17) is 4.52 Å². The van der Waals surface area contributed by atoms with Gasteiger partial charge in [-0.1, -0.05) is 59.8 Å². The van der Waals surface area contributed by atoms with E-state index in [1.807, 2.05) is 36.4 Å². The molecule has 0 atom stereocenters. The van der Waals surface area contributed by atoms with Crippen molar-refractivity contribution in [1.82, 2.24) is 10.1 Å². The number of phenolic OH excluding ortho intramolecular Hbond substituents is 1. The summed E-state index contributed by atoms with van der Waals surface area (Å²) in [5.41, 5.74) is 2.88. The molecule has 2 heterocycles. The molecule has 2 aromatic heterocycles. The number of thiophene rings is 1. The van der Waals surface area contributed by atoms with Gasteiger partial charge >= 0.3 is 12.5 Å². The Bertz CT molecular complexity index is 1440. The fourth-order valence-electron chi connectivity index (χ4n) is 3.45. The van der Waals surface area contributed by atoms with Gasteiger partial charge in [0, 0.05) is 26.8 Å². The smallest absolute Gasteiger partial charge is 0.425 e. The number of rotatable bonds is 6. The molecule has 1 N–H and O–H groups in total. The predicted octanol–water partition coefficient (Wildman–Crippen LogP) is 5.09. The minimum absolute atomic E-state index is 0.0841. The van der Waals surface area contributed by atoms with Gasteiger partial charge in [-0.25, -0.2) is 0 Å². The molecule has 5 rings (SSSR count). The summed E-state index contributed by atoms with van der Waals surface area (Å²) in [7, 11) is 0. The third kappa shape index (κ3) is 3.52. The zero-order chi connectivity index (χ0) is 22.1. The fourth-order valence-corrected chi connectivity index (χ4v) is 4.67. The lowest BCUT2D eigenvalue weighted by atomic mass is 9.97. The number of nitrogens with zero attached hydrogens (tertiary/aromatic N) is 2. The van der Waals surface area contributed by atoms with Gasteiger partial charge in [0.1, 0.15) is 5.75 Å². The Hall–Kier alpha value is -4.30. The third-order valence-corrected chi connectivity index (χ3v) is 6.06. The van der Waals surface area contributed by atoms with Gasteiger partial charge in [-0.05, 0) is 23.8 Å². The first-order valence-corrected chi connectivity index (χ1v) is 10.4. The number of carbonyl (C=O) groups is 2. The third-order valence-electron chi connectivity index (χ3n) is 4.90. The van der Waals surface area contributed by atoms with Crippen molar-refractivity contribution in [1.29, 1.82) is 0 Å². The normalized spacial score (nSPS) is 10.9. The molecule has 0 saturated carbocycles. The van der Waals surface area contributed by atoms with Gasteiger partial charge < -0.3 is 9.84 Å². The molecule has 8 heteroatoms. The summed E-state index contributed by atoms with van der Waals surface area (Å²) in [5, 5.41) is 14.6. The molecule has 156 valence electrons. The summed E-state index contributed by atoms with van der Waals surface area (Å²) in [6, 6.07) is 21.5. The molecule has 0 aliphatic heterocycles. The first-order valence-electron chi connectivity index (χ1n) is 9.54. The van der Waals surface area contributed by atoms with Gasteiger partial charge in [0.15, 0.2) is 0 Å². The Balaban J connectivity index is 1.61. The molecule has 0 unspecified atom stereocenters. The van der Waals surface area contributed by atoms with Gasteiger partial charge in [0.2, 0.25) is 11.6 Å². The largest absolute Gasteiger partial charge is 0.508 e. The standard InChI is InChI=1S/C24H14N2O5S/c27-13-30-24-25-23(26-31-24)16-8-6-14(7-9-16)20-18-11-10-17(28)12-19(18)32-22(20)21(29)15-4-2-1-3-5-15/h1-13,28H. The van der Waals surface area contributed by atoms with Crippen molar-refractivity contribution in [2.45, 2.75) is 0 Å². The lowest BCUT2D eigenvalue weighted by Gasteiger charge is -2.06. The van der Waals surface area contributed by atoms with Crippen LogP contribution in [0.5, 0.6) is 11.8 Å². The van der Waals surface area contributed by atoms with Crippen LogP contribution in [0, 0.1) is 0 Å². The number of benzene rings is 3. The topological polar surface area (TPSA) is 103 Å². The van der Waals surface area contributed by atoms with E-state index in [2.05, 4.69) is 14.9 Å². The van der Waals surface area contributed by atoms with Gasteiger partial charge in [-0.2, -0.15) is 4.98 Å². The minimum atomic E-state index is -0.238. The number of phenols is 1. The van der Waals surface area contributed by atoms with E-state index in [0.29, 0.717) is 16.0 Å². The number of hydrogen-bond acceptors (Lipinski definition) is 8. The number of hydrogen-bond donors (Lipinski definition) is 1. The highest BCUT2D eigenvalue weighted by molar-refractivity contribution is 7.21. The van der Waals surface area contributed by atoms with E-state index >= 15 is 0 Å². The summed E-state index contributed by atoms with van der Waals surface area (Å²) in [5.74, 6) is 0.332. The molecule has 0 spiro atoms.